The van der Waals surface area contributed by atoms with Crippen molar-refractivity contribution >= 4 is 11.7 Å². The van der Waals surface area contributed by atoms with E-state index in [9.17, 15) is 14.9 Å². The summed E-state index contributed by atoms with van der Waals surface area (Å²) in [5, 5.41) is 19.5. The first-order valence-corrected chi connectivity index (χ1v) is 5.04. The number of rotatable bonds is 4. The molecule has 8 nitrogen and oxygen atoms in total. The van der Waals surface area contributed by atoms with Crippen molar-refractivity contribution in [2.75, 3.05) is 0 Å². The van der Waals surface area contributed by atoms with Gasteiger partial charge in [-0.1, -0.05) is 6.07 Å². The summed E-state index contributed by atoms with van der Waals surface area (Å²) in [6.45, 7) is 0. The maximum atomic E-state index is 10.9. The van der Waals surface area contributed by atoms with Crippen LogP contribution in [0.4, 0.5) is 5.69 Å². The molecule has 0 aliphatic heterocycles. The normalized spacial score (nSPS) is 9.89. The molecular formula is C11H7N3O5. The van der Waals surface area contributed by atoms with Crippen LogP contribution in [0.1, 0.15) is 10.5 Å². The summed E-state index contributed by atoms with van der Waals surface area (Å²) in [5.41, 5.74) is -0.535. The number of aromatic nitrogens is 2. The lowest BCUT2D eigenvalue weighted by atomic mass is 10.3. The van der Waals surface area contributed by atoms with Gasteiger partial charge in [-0.3, -0.25) is 10.1 Å². The molecule has 8 heteroatoms. The summed E-state index contributed by atoms with van der Waals surface area (Å²) in [6.07, 6.45) is 2.48. The number of nitrogens with zero attached hydrogens (tertiary/aromatic N) is 3. The molecule has 0 amide bonds. The Morgan fingerprint density at radius 2 is 2.05 bits per heavy atom. The minimum absolute atomic E-state index is 0.109. The number of carbonyl (C=O) groups is 1. The molecule has 0 radical (unpaired) electrons. The molecule has 0 saturated heterocycles. The van der Waals surface area contributed by atoms with Crippen molar-refractivity contribution in [1.82, 2.24) is 9.97 Å². The molecule has 1 aromatic heterocycles. The fraction of sp³-hybridized carbons (Fsp3) is 0. The van der Waals surface area contributed by atoms with Crippen molar-refractivity contribution < 1.29 is 19.6 Å². The third kappa shape index (κ3) is 2.80. The highest BCUT2D eigenvalue weighted by atomic mass is 16.6. The zero-order valence-electron chi connectivity index (χ0n) is 9.39. The van der Waals surface area contributed by atoms with Crippen LogP contribution in [0.15, 0.2) is 36.7 Å². The van der Waals surface area contributed by atoms with Crippen LogP contribution < -0.4 is 4.74 Å². The van der Waals surface area contributed by atoms with Gasteiger partial charge < -0.3 is 9.84 Å². The standard InChI is InChI=1S/C11H7N3O5/c15-11(16)9-10(13-5-4-12-9)19-8-3-1-2-7(6-8)14(17)18/h1-6H,(H,15,16). The predicted octanol–water partition coefficient (Wildman–Crippen LogP) is 1.88. The molecule has 0 unspecified atom stereocenters. The number of hydrogen-bond donors (Lipinski definition) is 1. The van der Waals surface area contributed by atoms with Crippen LogP contribution in [0.2, 0.25) is 0 Å². The summed E-state index contributed by atoms with van der Waals surface area (Å²) in [6, 6.07) is 5.33. The van der Waals surface area contributed by atoms with Crippen molar-refractivity contribution in [1.29, 1.82) is 0 Å². The summed E-state index contributed by atoms with van der Waals surface area (Å²) in [4.78, 5) is 28.3. The molecule has 0 fully saturated rings. The summed E-state index contributed by atoms with van der Waals surface area (Å²) in [5.74, 6) is -1.42. The Labute approximate surface area is 106 Å². The van der Waals surface area contributed by atoms with Crippen LogP contribution in [0.25, 0.3) is 0 Å². The zero-order valence-corrected chi connectivity index (χ0v) is 9.39. The number of hydrogen-bond acceptors (Lipinski definition) is 6. The Morgan fingerprint density at radius 3 is 2.74 bits per heavy atom. The van der Waals surface area contributed by atoms with Gasteiger partial charge in [0.2, 0.25) is 5.69 Å². The van der Waals surface area contributed by atoms with Gasteiger partial charge in [0.05, 0.1) is 11.0 Å². The van der Waals surface area contributed by atoms with E-state index in [0.717, 1.165) is 0 Å². The average molecular weight is 261 g/mol. The van der Waals surface area contributed by atoms with E-state index in [1.165, 1.54) is 36.7 Å². The van der Waals surface area contributed by atoms with E-state index < -0.39 is 10.9 Å². The molecule has 0 aliphatic carbocycles. The Balaban J connectivity index is 2.34. The smallest absolute Gasteiger partial charge is 0.360 e. The van der Waals surface area contributed by atoms with E-state index in [1.807, 2.05) is 0 Å². The van der Waals surface area contributed by atoms with Gasteiger partial charge in [0, 0.05) is 18.5 Å². The van der Waals surface area contributed by atoms with Crippen LogP contribution in [-0.4, -0.2) is 26.0 Å². The lowest BCUT2D eigenvalue weighted by Crippen LogP contribution is -2.04. The molecule has 0 spiro atoms. The van der Waals surface area contributed by atoms with Crippen molar-refractivity contribution in [2.45, 2.75) is 0 Å². The van der Waals surface area contributed by atoms with Gasteiger partial charge in [-0.2, -0.15) is 0 Å². The van der Waals surface area contributed by atoms with Gasteiger partial charge in [-0.15, -0.1) is 0 Å². The van der Waals surface area contributed by atoms with Gasteiger partial charge in [0.15, 0.2) is 0 Å². The first kappa shape index (κ1) is 12.4. The van der Waals surface area contributed by atoms with Crippen molar-refractivity contribution in [3.63, 3.8) is 0 Å². The molecule has 1 aromatic carbocycles. The molecule has 19 heavy (non-hydrogen) atoms. The molecule has 0 aliphatic rings. The molecule has 1 N–H and O–H groups in total. The minimum Gasteiger partial charge on any atom is -0.476 e. The van der Waals surface area contributed by atoms with Crippen molar-refractivity contribution in [2.24, 2.45) is 0 Å². The molecule has 2 aromatic rings. The molecule has 96 valence electrons. The third-order valence-electron chi connectivity index (χ3n) is 2.11. The number of nitro groups is 1. The second kappa shape index (κ2) is 5.08. The molecule has 0 atom stereocenters. The van der Waals surface area contributed by atoms with Crippen LogP contribution in [0, 0.1) is 10.1 Å². The topological polar surface area (TPSA) is 115 Å². The summed E-state index contributed by atoms with van der Waals surface area (Å²) >= 11 is 0. The van der Waals surface area contributed by atoms with E-state index >= 15 is 0 Å². The summed E-state index contributed by atoms with van der Waals surface area (Å²) < 4.78 is 5.20. The molecular weight excluding hydrogens is 254 g/mol. The second-order valence-corrected chi connectivity index (χ2v) is 3.37. The lowest BCUT2D eigenvalue weighted by Gasteiger charge is -2.05. The van der Waals surface area contributed by atoms with Crippen LogP contribution in [0.5, 0.6) is 11.6 Å². The molecule has 1 heterocycles. The largest absolute Gasteiger partial charge is 0.476 e. The first-order valence-electron chi connectivity index (χ1n) is 5.04. The number of benzene rings is 1. The average Bonchev–Trinajstić information content (AvgIpc) is 2.39. The van der Waals surface area contributed by atoms with Crippen LogP contribution >= 0.6 is 0 Å². The fourth-order valence-electron chi connectivity index (χ4n) is 1.32. The highest BCUT2D eigenvalue weighted by Crippen LogP contribution is 2.25. The molecule has 2 rings (SSSR count). The van der Waals surface area contributed by atoms with Crippen molar-refractivity contribution in [3.8, 4) is 11.6 Å². The van der Waals surface area contributed by atoms with E-state index in [4.69, 9.17) is 9.84 Å². The monoisotopic (exact) mass is 261 g/mol. The first-order chi connectivity index (χ1) is 9.08. The van der Waals surface area contributed by atoms with Gasteiger partial charge in [0.25, 0.3) is 11.6 Å². The predicted molar refractivity (Wildman–Crippen MR) is 62.2 cm³/mol. The van der Waals surface area contributed by atoms with Gasteiger partial charge in [-0.25, -0.2) is 14.8 Å². The van der Waals surface area contributed by atoms with Crippen LogP contribution in [-0.2, 0) is 0 Å². The maximum absolute atomic E-state index is 10.9. The Morgan fingerprint density at radius 1 is 1.32 bits per heavy atom. The SMILES string of the molecule is O=C(O)c1nccnc1Oc1cccc([N+](=O)[O-])c1. The molecule has 0 bridgehead atoms. The number of nitro benzene ring substituents is 1. The van der Waals surface area contributed by atoms with Gasteiger partial charge in [-0.05, 0) is 6.07 Å². The maximum Gasteiger partial charge on any atom is 0.360 e. The Hall–Kier alpha value is -3.03. The second-order valence-electron chi connectivity index (χ2n) is 3.37. The number of non-ortho nitro benzene ring substituents is 1. The van der Waals surface area contributed by atoms with E-state index in [0.29, 0.717) is 0 Å². The number of aromatic carboxylic acids is 1. The highest BCUT2D eigenvalue weighted by molar-refractivity contribution is 5.87. The number of ether oxygens (including phenoxy) is 1. The van der Waals surface area contributed by atoms with Crippen molar-refractivity contribution in [3.05, 3.63) is 52.5 Å². The van der Waals surface area contributed by atoms with Crippen LogP contribution in [0.3, 0.4) is 0 Å². The van der Waals surface area contributed by atoms with Gasteiger partial charge >= 0.3 is 5.97 Å². The number of carboxylic acids is 1. The quantitative estimate of drug-likeness (QED) is 0.659. The Kier molecular flexibility index (Phi) is 3.33. The Bertz CT molecular complexity index is 644. The molecule has 0 saturated carbocycles. The van der Waals surface area contributed by atoms with E-state index in [2.05, 4.69) is 9.97 Å². The lowest BCUT2D eigenvalue weighted by molar-refractivity contribution is -0.384. The zero-order chi connectivity index (χ0) is 13.8. The fourth-order valence-corrected chi connectivity index (χ4v) is 1.32. The van der Waals surface area contributed by atoms with E-state index in [-0.39, 0.29) is 23.0 Å². The van der Waals surface area contributed by atoms with Gasteiger partial charge in [0.1, 0.15) is 5.75 Å². The number of carboxylic acid groups (broad SMARTS) is 1. The van der Waals surface area contributed by atoms with E-state index in [1.54, 1.807) is 0 Å². The minimum atomic E-state index is -1.30. The summed E-state index contributed by atoms with van der Waals surface area (Å²) in [7, 11) is 0. The third-order valence-corrected chi connectivity index (χ3v) is 2.11. The highest BCUT2D eigenvalue weighted by Gasteiger charge is 2.15.